The topological polar surface area (TPSA) is 38.5 Å². The second-order valence-corrected chi connectivity index (χ2v) is 4.62. The number of piperidine rings is 1. The van der Waals surface area contributed by atoms with Gasteiger partial charge in [-0.2, -0.15) is 0 Å². The van der Waals surface area contributed by atoms with Gasteiger partial charge >= 0.3 is 0 Å². The molecule has 0 amide bonds. The fraction of sp³-hybridized carbons (Fsp3) is 0.571. The van der Waals surface area contributed by atoms with E-state index < -0.39 is 0 Å². The normalized spacial score (nSPS) is 16.9. The van der Waals surface area contributed by atoms with Gasteiger partial charge in [0.05, 0.1) is 7.11 Å². The molecule has 2 rings (SSSR count). The zero-order valence-electron chi connectivity index (χ0n) is 11.4. The lowest BCUT2D eigenvalue weighted by atomic mass is 10.0. The monoisotopic (exact) mass is 306 g/mol. The molecule has 1 aromatic carbocycles. The summed E-state index contributed by atoms with van der Waals surface area (Å²) in [6.07, 6.45) is 3.95. The van der Waals surface area contributed by atoms with Gasteiger partial charge in [0, 0.05) is 12.6 Å². The molecule has 1 atom stereocenters. The van der Waals surface area contributed by atoms with Crippen LogP contribution < -0.4 is 10.5 Å². The Kier molecular flexibility index (Phi) is 9.19. The number of rotatable bonds is 4. The summed E-state index contributed by atoms with van der Waals surface area (Å²) in [7, 11) is 1.69. The first-order valence-corrected chi connectivity index (χ1v) is 6.43. The number of hydrogen-bond donors (Lipinski definition) is 1. The smallest absolute Gasteiger partial charge is 0.118 e. The highest BCUT2D eigenvalue weighted by Gasteiger charge is 2.20. The van der Waals surface area contributed by atoms with E-state index in [0.717, 1.165) is 5.75 Å². The second kappa shape index (κ2) is 9.43. The molecule has 110 valence electrons. The Hall–Kier alpha value is -0.480. The summed E-state index contributed by atoms with van der Waals surface area (Å²) in [6, 6.07) is 8.65. The van der Waals surface area contributed by atoms with Crippen LogP contribution in [0.4, 0.5) is 0 Å². The van der Waals surface area contributed by atoms with Gasteiger partial charge in [0.15, 0.2) is 0 Å². The molecule has 0 saturated carbocycles. The van der Waals surface area contributed by atoms with Crippen LogP contribution in [0.3, 0.4) is 0 Å². The lowest BCUT2D eigenvalue weighted by molar-refractivity contribution is 0.167. The number of hydrogen-bond acceptors (Lipinski definition) is 3. The highest BCUT2D eigenvalue weighted by atomic mass is 35.5. The molecule has 1 aliphatic heterocycles. The number of methoxy groups -OCH3 is 1. The van der Waals surface area contributed by atoms with E-state index in [1.807, 2.05) is 12.1 Å². The number of nitrogens with zero attached hydrogens (tertiary/aromatic N) is 1. The minimum absolute atomic E-state index is 0. The van der Waals surface area contributed by atoms with Crippen LogP contribution >= 0.6 is 24.8 Å². The maximum atomic E-state index is 5.93. The molecule has 3 nitrogen and oxygen atoms in total. The molecule has 1 saturated heterocycles. The fourth-order valence-corrected chi connectivity index (χ4v) is 2.55. The van der Waals surface area contributed by atoms with Crippen molar-refractivity contribution in [2.24, 2.45) is 5.73 Å². The average Bonchev–Trinajstić information content (AvgIpc) is 2.42. The zero-order chi connectivity index (χ0) is 12.1. The van der Waals surface area contributed by atoms with Gasteiger partial charge in [-0.3, -0.25) is 4.90 Å². The molecule has 0 spiro atoms. The van der Waals surface area contributed by atoms with Crippen LogP contribution in [0.5, 0.6) is 5.75 Å². The summed E-state index contributed by atoms with van der Waals surface area (Å²) in [6.45, 7) is 3.04. The van der Waals surface area contributed by atoms with E-state index in [0.29, 0.717) is 12.6 Å². The summed E-state index contributed by atoms with van der Waals surface area (Å²) in [5.41, 5.74) is 7.23. The number of ether oxygens (including phenoxy) is 1. The molecule has 1 unspecified atom stereocenters. The number of likely N-dealkylation sites (tertiary alicyclic amines) is 1. The van der Waals surface area contributed by atoms with E-state index in [1.165, 1.54) is 37.9 Å². The Morgan fingerprint density at radius 1 is 1.11 bits per heavy atom. The molecule has 1 fully saturated rings. The van der Waals surface area contributed by atoms with Crippen LogP contribution in [0.1, 0.15) is 30.9 Å². The molecule has 2 N–H and O–H groups in total. The van der Waals surface area contributed by atoms with Crippen molar-refractivity contribution in [2.45, 2.75) is 25.3 Å². The van der Waals surface area contributed by atoms with Crippen molar-refractivity contribution in [1.82, 2.24) is 4.90 Å². The highest BCUT2D eigenvalue weighted by molar-refractivity contribution is 5.85. The summed E-state index contributed by atoms with van der Waals surface area (Å²) >= 11 is 0. The Morgan fingerprint density at radius 2 is 1.68 bits per heavy atom. The van der Waals surface area contributed by atoms with E-state index >= 15 is 0 Å². The van der Waals surface area contributed by atoms with E-state index in [9.17, 15) is 0 Å². The molecule has 19 heavy (non-hydrogen) atoms. The van der Waals surface area contributed by atoms with Crippen molar-refractivity contribution in [1.29, 1.82) is 0 Å². The van der Waals surface area contributed by atoms with Crippen molar-refractivity contribution in [2.75, 3.05) is 26.7 Å². The maximum absolute atomic E-state index is 5.93. The molecule has 0 radical (unpaired) electrons. The van der Waals surface area contributed by atoms with Crippen molar-refractivity contribution in [3.63, 3.8) is 0 Å². The van der Waals surface area contributed by atoms with E-state index in [-0.39, 0.29) is 24.8 Å². The van der Waals surface area contributed by atoms with Crippen LogP contribution in [0.25, 0.3) is 0 Å². The van der Waals surface area contributed by atoms with E-state index in [2.05, 4.69) is 17.0 Å². The third kappa shape index (κ3) is 4.84. The van der Waals surface area contributed by atoms with Gasteiger partial charge in [0.1, 0.15) is 5.75 Å². The SMILES string of the molecule is COc1ccc(C(CN)N2CCCCC2)cc1.Cl.Cl. The Bertz CT molecular complexity index is 340. The minimum atomic E-state index is 0. The third-order valence-corrected chi connectivity index (χ3v) is 3.56. The molecule has 1 heterocycles. The zero-order valence-corrected chi connectivity index (χ0v) is 13.0. The van der Waals surface area contributed by atoms with Crippen LogP contribution in [-0.4, -0.2) is 31.6 Å². The van der Waals surface area contributed by atoms with Crippen molar-refractivity contribution in [3.05, 3.63) is 29.8 Å². The molecule has 1 aliphatic rings. The van der Waals surface area contributed by atoms with Gasteiger partial charge in [-0.25, -0.2) is 0 Å². The highest BCUT2D eigenvalue weighted by Crippen LogP contribution is 2.25. The first-order valence-electron chi connectivity index (χ1n) is 6.43. The molecular formula is C14H24Cl2N2O. The van der Waals surface area contributed by atoms with Crippen molar-refractivity contribution in [3.8, 4) is 5.75 Å². The van der Waals surface area contributed by atoms with Crippen LogP contribution in [-0.2, 0) is 0 Å². The largest absolute Gasteiger partial charge is 0.497 e. The van der Waals surface area contributed by atoms with Crippen molar-refractivity contribution < 1.29 is 4.74 Å². The lowest BCUT2D eigenvalue weighted by Gasteiger charge is -2.34. The van der Waals surface area contributed by atoms with Gasteiger partial charge < -0.3 is 10.5 Å². The van der Waals surface area contributed by atoms with E-state index in [1.54, 1.807) is 7.11 Å². The first kappa shape index (κ1) is 18.5. The van der Waals surface area contributed by atoms with E-state index in [4.69, 9.17) is 10.5 Å². The maximum Gasteiger partial charge on any atom is 0.118 e. The Labute approximate surface area is 128 Å². The quantitative estimate of drug-likeness (QED) is 0.929. The molecule has 1 aromatic rings. The third-order valence-electron chi connectivity index (χ3n) is 3.56. The van der Waals surface area contributed by atoms with Gasteiger partial charge in [-0.1, -0.05) is 18.6 Å². The Morgan fingerprint density at radius 3 is 2.16 bits per heavy atom. The number of halogens is 2. The van der Waals surface area contributed by atoms with Crippen molar-refractivity contribution >= 4 is 24.8 Å². The van der Waals surface area contributed by atoms with Crippen LogP contribution in [0.15, 0.2) is 24.3 Å². The second-order valence-electron chi connectivity index (χ2n) is 4.62. The van der Waals surface area contributed by atoms with Gasteiger partial charge in [0.25, 0.3) is 0 Å². The lowest BCUT2D eigenvalue weighted by Crippen LogP contribution is -2.37. The molecule has 0 bridgehead atoms. The first-order chi connectivity index (χ1) is 8.35. The fourth-order valence-electron chi connectivity index (χ4n) is 2.55. The summed E-state index contributed by atoms with van der Waals surface area (Å²) in [5, 5.41) is 0. The molecule has 0 aromatic heterocycles. The predicted molar refractivity (Wildman–Crippen MR) is 84.7 cm³/mol. The van der Waals surface area contributed by atoms with Gasteiger partial charge in [-0.05, 0) is 43.6 Å². The summed E-state index contributed by atoms with van der Waals surface area (Å²) < 4.78 is 5.18. The van der Waals surface area contributed by atoms with Crippen LogP contribution in [0.2, 0.25) is 0 Å². The summed E-state index contributed by atoms with van der Waals surface area (Å²) in [5.74, 6) is 0.906. The number of benzene rings is 1. The molecular weight excluding hydrogens is 283 g/mol. The number of nitrogens with two attached hydrogens (primary N) is 1. The predicted octanol–water partition coefficient (Wildman–Crippen LogP) is 3.02. The van der Waals surface area contributed by atoms with Gasteiger partial charge in [0.2, 0.25) is 0 Å². The summed E-state index contributed by atoms with van der Waals surface area (Å²) in [4.78, 5) is 2.51. The van der Waals surface area contributed by atoms with Gasteiger partial charge in [-0.15, -0.1) is 24.8 Å². The molecule has 5 heteroatoms. The standard InChI is InChI=1S/C14H22N2O.2ClH/c1-17-13-7-5-12(6-8-13)14(11-15)16-9-3-2-4-10-16;;/h5-8,14H,2-4,9-11,15H2,1H3;2*1H. The Balaban J connectivity index is 0.00000162. The average molecular weight is 307 g/mol. The minimum Gasteiger partial charge on any atom is -0.497 e. The van der Waals surface area contributed by atoms with Crippen LogP contribution in [0, 0.1) is 0 Å². The molecule has 0 aliphatic carbocycles.